The van der Waals surface area contributed by atoms with Crippen molar-refractivity contribution in [3.63, 3.8) is 0 Å². The maximum Gasteiger partial charge on any atom is 0.338 e. The molecule has 0 unspecified atom stereocenters. The van der Waals surface area contributed by atoms with Crippen molar-refractivity contribution in [3.8, 4) is 0 Å². The van der Waals surface area contributed by atoms with Crippen LogP contribution < -0.4 is 0 Å². The Morgan fingerprint density at radius 1 is 1.04 bits per heavy atom. The molecule has 0 bridgehead atoms. The highest BCUT2D eigenvalue weighted by Gasteiger charge is 2.23. The second-order valence-corrected chi connectivity index (χ2v) is 5.92. The average molecular weight is 345 g/mol. The van der Waals surface area contributed by atoms with E-state index in [-0.39, 0.29) is 5.78 Å². The Hall–Kier alpha value is -3.54. The van der Waals surface area contributed by atoms with E-state index in [4.69, 9.17) is 4.74 Å². The summed E-state index contributed by atoms with van der Waals surface area (Å²) in [6.45, 7) is 1.57. The van der Waals surface area contributed by atoms with E-state index >= 15 is 0 Å². The highest BCUT2D eigenvalue weighted by molar-refractivity contribution is 6.10. The Morgan fingerprint density at radius 2 is 1.81 bits per heavy atom. The molecule has 4 aromatic rings. The maximum absolute atomic E-state index is 12.7. The molecule has 6 nitrogen and oxygen atoms in total. The second-order valence-electron chi connectivity index (χ2n) is 5.92. The molecule has 0 spiro atoms. The lowest BCUT2D eigenvalue weighted by Crippen LogP contribution is -2.24. The monoisotopic (exact) mass is 345 g/mol. The van der Waals surface area contributed by atoms with Gasteiger partial charge in [-0.3, -0.25) is 14.8 Å². The number of nitrogens with zero attached hydrogens (tertiary/aromatic N) is 2. The molecule has 2 aromatic carbocycles. The third-order valence-corrected chi connectivity index (χ3v) is 4.21. The zero-order chi connectivity index (χ0) is 18.1. The van der Waals surface area contributed by atoms with E-state index in [0.717, 1.165) is 10.9 Å². The molecule has 0 aliphatic heterocycles. The number of aromatic nitrogens is 3. The first-order chi connectivity index (χ1) is 12.6. The molecule has 6 heteroatoms. The van der Waals surface area contributed by atoms with Crippen molar-refractivity contribution in [2.45, 2.75) is 13.0 Å². The van der Waals surface area contributed by atoms with Gasteiger partial charge in [-0.2, -0.15) is 0 Å². The van der Waals surface area contributed by atoms with Crippen molar-refractivity contribution in [2.75, 3.05) is 0 Å². The standard InChI is InChI=1S/C20H15N3O3/c1-12(19(24)15-11-23-16-5-3-2-4-14(15)16)26-20(25)13-6-7-17-18(10-13)22-9-8-21-17/h2-12,23H,1H3/t12-/m1/s1. The molecule has 0 aliphatic carbocycles. The number of hydrogen-bond acceptors (Lipinski definition) is 5. The van der Waals surface area contributed by atoms with Gasteiger partial charge in [0.05, 0.1) is 16.6 Å². The van der Waals surface area contributed by atoms with Gasteiger partial charge in [-0.25, -0.2) is 4.79 Å². The lowest BCUT2D eigenvalue weighted by molar-refractivity contribution is 0.0319. The Labute approximate surface area is 148 Å². The first kappa shape index (κ1) is 16.0. The van der Waals surface area contributed by atoms with Gasteiger partial charge in [0.2, 0.25) is 5.78 Å². The molecule has 1 atom stereocenters. The first-order valence-corrected chi connectivity index (χ1v) is 8.15. The Bertz CT molecular complexity index is 1130. The van der Waals surface area contributed by atoms with Crippen LogP contribution in [0.3, 0.4) is 0 Å². The van der Waals surface area contributed by atoms with Crippen LogP contribution in [-0.2, 0) is 4.74 Å². The largest absolute Gasteiger partial charge is 0.451 e. The van der Waals surface area contributed by atoms with E-state index in [1.807, 2.05) is 24.3 Å². The Morgan fingerprint density at radius 3 is 2.65 bits per heavy atom. The molecule has 0 saturated carbocycles. The van der Waals surface area contributed by atoms with Crippen LogP contribution in [0.5, 0.6) is 0 Å². The lowest BCUT2D eigenvalue weighted by atomic mass is 10.1. The summed E-state index contributed by atoms with van der Waals surface area (Å²) in [5.41, 5.74) is 2.98. The van der Waals surface area contributed by atoms with Gasteiger partial charge in [0.25, 0.3) is 0 Å². The van der Waals surface area contributed by atoms with Gasteiger partial charge in [0.15, 0.2) is 6.10 Å². The minimum atomic E-state index is -0.903. The van der Waals surface area contributed by atoms with Crippen molar-refractivity contribution < 1.29 is 14.3 Å². The van der Waals surface area contributed by atoms with Gasteiger partial charge in [0, 0.05) is 35.1 Å². The van der Waals surface area contributed by atoms with Gasteiger partial charge >= 0.3 is 5.97 Å². The number of ether oxygens (including phenoxy) is 1. The number of aromatic amines is 1. The van der Waals surface area contributed by atoms with Gasteiger partial charge in [-0.05, 0) is 31.2 Å². The zero-order valence-electron chi connectivity index (χ0n) is 14.0. The highest BCUT2D eigenvalue weighted by Crippen LogP contribution is 2.20. The number of para-hydroxylation sites is 1. The molecule has 128 valence electrons. The number of H-pyrrole nitrogens is 1. The molecule has 0 saturated heterocycles. The summed E-state index contributed by atoms with van der Waals surface area (Å²) in [6, 6.07) is 12.4. The van der Waals surface area contributed by atoms with Crippen LogP contribution >= 0.6 is 0 Å². The molecule has 2 aromatic heterocycles. The summed E-state index contributed by atoms with van der Waals surface area (Å²) in [5, 5.41) is 0.807. The first-order valence-electron chi connectivity index (χ1n) is 8.15. The predicted octanol–water partition coefficient (Wildman–Crippen LogP) is 3.54. The fourth-order valence-corrected chi connectivity index (χ4v) is 2.87. The lowest BCUT2D eigenvalue weighted by Gasteiger charge is -2.12. The van der Waals surface area contributed by atoms with Gasteiger partial charge in [-0.15, -0.1) is 0 Å². The smallest absolute Gasteiger partial charge is 0.338 e. The number of nitrogens with one attached hydrogen (secondary N) is 1. The number of Topliss-reactive ketones (excluding diaryl/α,β-unsaturated/α-hetero) is 1. The minimum absolute atomic E-state index is 0.253. The quantitative estimate of drug-likeness (QED) is 0.452. The number of ketones is 1. The summed E-state index contributed by atoms with van der Waals surface area (Å²) in [7, 11) is 0. The number of hydrogen-bond donors (Lipinski definition) is 1. The molecule has 4 rings (SSSR count). The van der Waals surface area contributed by atoms with Crippen LogP contribution in [0, 0.1) is 0 Å². The molecular formula is C20H15N3O3. The molecule has 0 aliphatic rings. The highest BCUT2D eigenvalue weighted by atomic mass is 16.5. The van der Waals surface area contributed by atoms with Crippen molar-refractivity contribution in [2.24, 2.45) is 0 Å². The Kier molecular flexibility index (Phi) is 3.93. The third kappa shape index (κ3) is 2.82. The number of esters is 1. The van der Waals surface area contributed by atoms with E-state index in [9.17, 15) is 9.59 Å². The maximum atomic E-state index is 12.7. The van der Waals surface area contributed by atoms with Crippen LogP contribution in [-0.4, -0.2) is 32.8 Å². The normalized spacial score (nSPS) is 12.2. The van der Waals surface area contributed by atoms with Crippen LogP contribution in [0.25, 0.3) is 21.9 Å². The zero-order valence-corrected chi connectivity index (χ0v) is 14.0. The summed E-state index contributed by atoms with van der Waals surface area (Å²) < 4.78 is 5.37. The van der Waals surface area contributed by atoms with Gasteiger partial charge in [-0.1, -0.05) is 18.2 Å². The fourth-order valence-electron chi connectivity index (χ4n) is 2.87. The predicted molar refractivity (Wildman–Crippen MR) is 97.0 cm³/mol. The molecule has 26 heavy (non-hydrogen) atoms. The number of carbonyl (C=O) groups is 2. The van der Waals surface area contributed by atoms with E-state index in [1.165, 1.54) is 0 Å². The molecule has 0 radical (unpaired) electrons. The molecule has 2 heterocycles. The summed E-state index contributed by atoms with van der Waals surface area (Å²) in [6.07, 6.45) is 3.88. The molecule has 1 N–H and O–H groups in total. The van der Waals surface area contributed by atoms with Crippen molar-refractivity contribution in [3.05, 3.63) is 72.2 Å². The topological polar surface area (TPSA) is 84.9 Å². The number of rotatable bonds is 4. The van der Waals surface area contributed by atoms with Gasteiger partial charge in [0.1, 0.15) is 0 Å². The summed E-state index contributed by atoms with van der Waals surface area (Å²) in [5.74, 6) is -0.824. The van der Waals surface area contributed by atoms with Crippen molar-refractivity contribution in [1.82, 2.24) is 15.0 Å². The van der Waals surface area contributed by atoms with Gasteiger partial charge < -0.3 is 9.72 Å². The summed E-state index contributed by atoms with van der Waals surface area (Å²) >= 11 is 0. The third-order valence-electron chi connectivity index (χ3n) is 4.21. The minimum Gasteiger partial charge on any atom is -0.451 e. The number of fused-ring (bicyclic) bond motifs is 2. The van der Waals surface area contributed by atoms with Crippen LogP contribution in [0.2, 0.25) is 0 Å². The van der Waals surface area contributed by atoms with Crippen LogP contribution in [0.15, 0.2) is 61.1 Å². The van der Waals surface area contributed by atoms with Crippen LogP contribution in [0.1, 0.15) is 27.6 Å². The molecular weight excluding hydrogens is 330 g/mol. The Balaban J connectivity index is 1.55. The number of benzene rings is 2. The number of carbonyl (C=O) groups excluding carboxylic acids is 2. The molecule has 0 amide bonds. The summed E-state index contributed by atoms with van der Waals surface area (Å²) in [4.78, 5) is 36.5. The van der Waals surface area contributed by atoms with E-state index in [1.54, 1.807) is 43.7 Å². The second kappa shape index (κ2) is 6.40. The van der Waals surface area contributed by atoms with E-state index < -0.39 is 12.1 Å². The fraction of sp³-hybridized carbons (Fsp3) is 0.100. The molecule has 0 fully saturated rings. The van der Waals surface area contributed by atoms with Crippen LogP contribution in [0.4, 0.5) is 0 Å². The van der Waals surface area contributed by atoms with Crippen molar-refractivity contribution in [1.29, 1.82) is 0 Å². The average Bonchev–Trinajstić information content (AvgIpc) is 3.11. The SMILES string of the molecule is C[C@@H](OC(=O)c1ccc2nccnc2c1)C(=O)c1c[nH]c2ccccc12. The van der Waals surface area contributed by atoms with E-state index in [2.05, 4.69) is 15.0 Å². The van der Waals surface area contributed by atoms with Crippen molar-refractivity contribution >= 4 is 33.7 Å². The van der Waals surface area contributed by atoms with E-state index in [0.29, 0.717) is 22.2 Å².